The number of nitrogens with one attached hydrogen (secondary N) is 1. The van der Waals surface area contributed by atoms with E-state index in [1.165, 1.54) is 0 Å². The van der Waals surface area contributed by atoms with Crippen molar-refractivity contribution in [3.05, 3.63) is 6.20 Å². The highest BCUT2D eigenvalue weighted by molar-refractivity contribution is 5.86. The number of aromatic nitrogens is 4. The summed E-state index contributed by atoms with van der Waals surface area (Å²) >= 11 is 0. The van der Waals surface area contributed by atoms with Crippen molar-refractivity contribution in [3.63, 3.8) is 0 Å². The van der Waals surface area contributed by atoms with Crippen molar-refractivity contribution < 1.29 is 4.79 Å². The van der Waals surface area contributed by atoms with Crippen molar-refractivity contribution in [1.29, 1.82) is 0 Å². The van der Waals surface area contributed by atoms with Gasteiger partial charge < -0.3 is 16.0 Å². The number of amides is 1. The molecule has 22 heavy (non-hydrogen) atoms. The van der Waals surface area contributed by atoms with Gasteiger partial charge in [-0.25, -0.2) is 0 Å². The van der Waals surface area contributed by atoms with E-state index in [9.17, 15) is 4.79 Å². The largest absolute Gasteiger partial charge is 0.383 e. The van der Waals surface area contributed by atoms with Gasteiger partial charge in [-0.15, -0.1) is 0 Å². The molecule has 0 aliphatic carbocycles. The maximum Gasteiger partial charge on any atom is 0.226 e. The Hall–Kier alpha value is -2.38. The molecule has 2 heterocycles. The lowest BCUT2D eigenvalue weighted by molar-refractivity contribution is -0.130. The van der Waals surface area contributed by atoms with Crippen LogP contribution in [0.4, 0.5) is 11.8 Å². The van der Waals surface area contributed by atoms with Crippen LogP contribution in [-0.4, -0.2) is 50.2 Å². The SMILES string of the molecule is CCN(CC)C(=O)CCCNc1nc(N)c2cnn(C)c2n1. The lowest BCUT2D eigenvalue weighted by Gasteiger charge is -2.18. The van der Waals surface area contributed by atoms with E-state index in [2.05, 4.69) is 20.4 Å². The van der Waals surface area contributed by atoms with Crippen molar-refractivity contribution in [3.8, 4) is 0 Å². The van der Waals surface area contributed by atoms with Crippen LogP contribution in [0.2, 0.25) is 0 Å². The van der Waals surface area contributed by atoms with E-state index in [0.717, 1.165) is 24.9 Å². The normalized spacial score (nSPS) is 10.9. The third-order valence-electron chi connectivity index (χ3n) is 3.59. The molecule has 0 aliphatic rings. The van der Waals surface area contributed by atoms with Gasteiger partial charge in [0.2, 0.25) is 11.9 Å². The highest BCUT2D eigenvalue weighted by Crippen LogP contribution is 2.18. The second-order valence-electron chi connectivity index (χ2n) is 5.03. The van der Waals surface area contributed by atoms with Crippen LogP contribution < -0.4 is 11.1 Å². The molecule has 0 spiro atoms. The molecule has 0 aromatic carbocycles. The first-order valence-electron chi connectivity index (χ1n) is 7.53. The minimum atomic E-state index is 0.175. The zero-order chi connectivity index (χ0) is 16.1. The monoisotopic (exact) mass is 305 g/mol. The van der Waals surface area contributed by atoms with Gasteiger partial charge in [-0.2, -0.15) is 15.1 Å². The number of anilines is 2. The van der Waals surface area contributed by atoms with Crippen molar-refractivity contribution in [2.24, 2.45) is 7.05 Å². The van der Waals surface area contributed by atoms with Crippen molar-refractivity contribution in [2.75, 3.05) is 30.7 Å². The van der Waals surface area contributed by atoms with Gasteiger partial charge in [0.1, 0.15) is 5.82 Å². The van der Waals surface area contributed by atoms with Crippen molar-refractivity contribution in [1.82, 2.24) is 24.6 Å². The van der Waals surface area contributed by atoms with Gasteiger partial charge in [-0.05, 0) is 20.3 Å². The van der Waals surface area contributed by atoms with E-state index < -0.39 is 0 Å². The molecule has 120 valence electrons. The summed E-state index contributed by atoms with van der Waals surface area (Å²) in [7, 11) is 1.81. The molecule has 0 saturated heterocycles. The molecule has 2 rings (SSSR count). The lowest BCUT2D eigenvalue weighted by atomic mass is 10.2. The first-order chi connectivity index (χ1) is 10.6. The number of hydrogen-bond donors (Lipinski definition) is 2. The van der Waals surface area contributed by atoms with Crippen LogP contribution in [0.1, 0.15) is 26.7 Å². The number of carbonyl (C=O) groups excluding carboxylic acids is 1. The average molecular weight is 305 g/mol. The van der Waals surface area contributed by atoms with Gasteiger partial charge in [-0.1, -0.05) is 0 Å². The van der Waals surface area contributed by atoms with Crippen LogP contribution in [0.5, 0.6) is 0 Å². The maximum absolute atomic E-state index is 11.9. The number of nitrogen functional groups attached to an aromatic ring is 1. The van der Waals surface area contributed by atoms with Crippen LogP contribution >= 0.6 is 0 Å². The number of nitrogens with two attached hydrogens (primary N) is 1. The Kier molecular flexibility index (Phi) is 5.13. The van der Waals surface area contributed by atoms with Crippen LogP contribution in [0.25, 0.3) is 11.0 Å². The summed E-state index contributed by atoms with van der Waals surface area (Å²) < 4.78 is 1.66. The fourth-order valence-electron chi connectivity index (χ4n) is 2.30. The van der Waals surface area contributed by atoms with Crippen LogP contribution in [0, 0.1) is 0 Å². The summed E-state index contributed by atoms with van der Waals surface area (Å²) in [5, 5.41) is 7.96. The zero-order valence-corrected chi connectivity index (χ0v) is 13.3. The van der Waals surface area contributed by atoms with Gasteiger partial charge in [0.05, 0.1) is 11.6 Å². The van der Waals surface area contributed by atoms with E-state index in [1.54, 1.807) is 17.9 Å². The molecular weight excluding hydrogens is 282 g/mol. The third kappa shape index (κ3) is 3.44. The fraction of sp³-hybridized carbons (Fsp3) is 0.571. The molecular formula is C14H23N7O. The number of fused-ring (bicyclic) bond motifs is 1. The average Bonchev–Trinajstić information content (AvgIpc) is 2.87. The standard InChI is InChI=1S/C14H23N7O/c1-4-21(5-2)11(22)7-6-8-16-14-18-12(15)10-9-17-20(3)13(10)19-14/h9H,4-8H2,1-3H3,(H3,15,16,18,19). The first-order valence-corrected chi connectivity index (χ1v) is 7.53. The topological polar surface area (TPSA) is 102 Å². The molecule has 0 radical (unpaired) electrons. The van der Waals surface area contributed by atoms with Crippen molar-refractivity contribution >= 4 is 28.7 Å². The van der Waals surface area contributed by atoms with E-state index in [4.69, 9.17) is 5.73 Å². The van der Waals surface area contributed by atoms with E-state index >= 15 is 0 Å². The Labute approximate surface area is 129 Å². The third-order valence-corrected chi connectivity index (χ3v) is 3.59. The Morgan fingerprint density at radius 3 is 2.77 bits per heavy atom. The molecule has 0 bridgehead atoms. The molecule has 0 saturated carbocycles. The minimum Gasteiger partial charge on any atom is -0.383 e. The number of rotatable bonds is 7. The Balaban J connectivity index is 1.90. The molecule has 8 nitrogen and oxygen atoms in total. The lowest BCUT2D eigenvalue weighted by Crippen LogP contribution is -2.30. The maximum atomic E-state index is 11.9. The second kappa shape index (κ2) is 7.06. The van der Waals surface area contributed by atoms with Gasteiger partial charge >= 0.3 is 0 Å². The first kappa shape index (κ1) is 16.0. The van der Waals surface area contributed by atoms with E-state index in [1.807, 2.05) is 18.7 Å². The highest BCUT2D eigenvalue weighted by Gasteiger charge is 2.10. The predicted molar refractivity (Wildman–Crippen MR) is 86.4 cm³/mol. The number of nitrogens with zero attached hydrogens (tertiary/aromatic N) is 5. The molecule has 2 aromatic rings. The molecule has 1 amide bonds. The van der Waals surface area contributed by atoms with Gasteiger partial charge in [0.15, 0.2) is 5.65 Å². The Morgan fingerprint density at radius 2 is 2.09 bits per heavy atom. The summed E-state index contributed by atoms with van der Waals surface area (Å²) in [6.07, 6.45) is 2.89. The van der Waals surface area contributed by atoms with E-state index in [0.29, 0.717) is 30.4 Å². The molecule has 8 heteroatoms. The Morgan fingerprint density at radius 1 is 1.36 bits per heavy atom. The second-order valence-corrected chi connectivity index (χ2v) is 5.03. The van der Waals surface area contributed by atoms with Crippen LogP contribution in [-0.2, 0) is 11.8 Å². The molecule has 0 atom stereocenters. The predicted octanol–water partition coefficient (Wildman–Crippen LogP) is 1.01. The summed E-state index contributed by atoms with van der Waals surface area (Å²) in [4.78, 5) is 22.3. The van der Waals surface area contributed by atoms with Gasteiger partial charge in [-0.3, -0.25) is 9.48 Å². The Bertz CT molecular complexity index is 648. The summed E-state index contributed by atoms with van der Waals surface area (Å²) in [6.45, 7) is 6.09. The number of aryl methyl sites for hydroxylation is 1. The molecule has 2 aromatic heterocycles. The minimum absolute atomic E-state index is 0.175. The summed E-state index contributed by atoms with van der Waals surface area (Å²) in [5.74, 6) is 1.04. The van der Waals surface area contributed by atoms with Crippen molar-refractivity contribution in [2.45, 2.75) is 26.7 Å². The fourth-order valence-corrected chi connectivity index (χ4v) is 2.30. The molecule has 0 aliphatic heterocycles. The summed E-state index contributed by atoms with van der Waals surface area (Å²) in [6, 6.07) is 0. The van der Waals surface area contributed by atoms with Crippen LogP contribution in [0.15, 0.2) is 6.20 Å². The number of hydrogen-bond acceptors (Lipinski definition) is 6. The summed E-state index contributed by atoms with van der Waals surface area (Å²) in [5.41, 5.74) is 6.58. The zero-order valence-electron chi connectivity index (χ0n) is 13.3. The molecule has 0 unspecified atom stereocenters. The van der Waals surface area contributed by atoms with Crippen LogP contribution in [0.3, 0.4) is 0 Å². The molecule has 3 N–H and O–H groups in total. The molecule has 0 fully saturated rings. The smallest absolute Gasteiger partial charge is 0.226 e. The quantitative estimate of drug-likeness (QED) is 0.740. The highest BCUT2D eigenvalue weighted by atomic mass is 16.2. The van der Waals surface area contributed by atoms with E-state index in [-0.39, 0.29) is 5.91 Å². The van der Waals surface area contributed by atoms with Gasteiger partial charge in [0.25, 0.3) is 0 Å². The van der Waals surface area contributed by atoms with Gasteiger partial charge in [0, 0.05) is 33.1 Å². The number of carbonyl (C=O) groups is 1.